The van der Waals surface area contributed by atoms with Crippen molar-refractivity contribution in [1.29, 1.82) is 0 Å². The molecule has 162 valence electrons. The Bertz CT molecular complexity index is 1160. The van der Waals surface area contributed by atoms with E-state index in [0.717, 1.165) is 16.3 Å². The van der Waals surface area contributed by atoms with Crippen LogP contribution < -0.4 is 10.6 Å². The molecule has 0 saturated heterocycles. The van der Waals surface area contributed by atoms with E-state index in [1.807, 2.05) is 42.6 Å². The van der Waals surface area contributed by atoms with Crippen molar-refractivity contribution in [2.75, 3.05) is 6.54 Å². The van der Waals surface area contributed by atoms with E-state index in [1.165, 1.54) is 15.6 Å². The van der Waals surface area contributed by atoms with Crippen LogP contribution in [0, 0.1) is 6.92 Å². The number of carbonyl (C=O) groups excluding carboxylic acids is 1. The molecule has 4 rings (SSSR count). The monoisotopic (exact) mass is 456 g/mol. The molecule has 9 heteroatoms. The normalized spacial score (nSPS) is 18.0. The lowest BCUT2D eigenvalue weighted by molar-refractivity contribution is 0.235. The molecular weight excluding hydrogens is 432 g/mol. The van der Waals surface area contributed by atoms with Crippen molar-refractivity contribution in [3.8, 4) is 0 Å². The Morgan fingerprint density at radius 1 is 1.16 bits per heavy atom. The Morgan fingerprint density at radius 3 is 2.65 bits per heavy atom. The topological polar surface area (TPSA) is 91.4 Å². The maximum absolute atomic E-state index is 13.4. The van der Waals surface area contributed by atoms with Crippen LogP contribution >= 0.6 is 11.3 Å². The summed E-state index contributed by atoms with van der Waals surface area (Å²) >= 11 is 1.50. The van der Waals surface area contributed by atoms with Gasteiger partial charge < -0.3 is 10.6 Å². The number of hydrogen-bond donors (Lipinski definition) is 2. The number of nitrogens with one attached hydrogen (secondary N) is 2. The van der Waals surface area contributed by atoms with E-state index in [2.05, 4.69) is 15.6 Å². The average Bonchev–Trinajstić information content (AvgIpc) is 3.15. The summed E-state index contributed by atoms with van der Waals surface area (Å²) in [5, 5.41) is 8.59. The molecule has 2 heterocycles. The standard InChI is InChI=1S/C22H24N4O3S2/c1-16-24-18(15-30-16)14-26-12-11-20(19-9-5-6-10-21(19)31(26,28)29)25-22(27)23-13-17-7-3-2-4-8-17/h2-10,15,20H,11-14H2,1H3,(H2,23,25,27)/t20-/m0/s1. The van der Waals surface area contributed by atoms with Gasteiger partial charge in [-0.15, -0.1) is 11.3 Å². The van der Waals surface area contributed by atoms with E-state index in [1.54, 1.807) is 24.3 Å². The molecule has 7 nitrogen and oxygen atoms in total. The Labute approximate surface area is 186 Å². The van der Waals surface area contributed by atoms with Gasteiger partial charge in [0, 0.05) is 18.5 Å². The minimum absolute atomic E-state index is 0.216. The Kier molecular flexibility index (Phi) is 6.35. The highest BCUT2D eigenvalue weighted by atomic mass is 32.2. The lowest BCUT2D eigenvalue weighted by Gasteiger charge is -2.19. The number of benzene rings is 2. The summed E-state index contributed by atoms with van der Waals surface area (Å²) < 4.78 is 28.1. The van der Waals surface area contributed by atoms with E-state index in [-0.39, 0.29) is 24.0 Å². The van der Waals surface area contributed by atoms with Gasteiger partial charge in [-0.25, -0.2) is 18.2 Å². The van der Waals surface area contributed by atoms with E-state index in [0.29, 0.717) is 18.5 Å². The molecule has 31 heavy (non-hydrogen) atoms. The zero-order valence-corrected chi connectivity index (χ0v) is 18.7. The number of sulfonamides is 1. The summed E-state index contributed by atoms with van der Waals surface area (Å²) in [6.07, 6.45) is 0.470. The number of thiazole rings is 1. The average molecular weight is 457 g/mol. The lowest BCUT2D eigenvalue weighted by Crippen LogP contribution is -2.38. The second-order valence-electron chi connectivity index (χ2n) is 7.39. The summed E-state index contributed by atoms with van der Waals surface area (Å²) in [6, 6.07) is 15.8. The molecule has 0 bridgehead atoms. The van der Waals surface area contributed by atoms with Gasteiger partial charge in [-0.2, -0.15) is 4.31 Å². The number of amides is 2. The number of carbonyl (C=O) groups is 1. The van der Waals surface area contributed by atoms with Crippen molar-refractivity contribution in [3.05, 3.63) is 81.8 Å². The lowest BCUT2D eigenvalue weighted by atomic mass is 10.0. The van der Waals surface area contributed by atoms with Gasteiger partial charge in [-0.1, -0.05) is 48.5 Å². The zero-order chi connectivity index (χ0) is 21.8. The number of urea groups is 1. The largest absolute Gasteiger partial charge is 0.334 e. The van der Waals surface area contributed by atoms with Crippen LogP contribution in [0.3, 0.4) is 0 Å². The summed E-state index contributed by atoms with van der Waals surface area (Å²) in [5.74, 6) is 0. The fraction of sp³-hybridized carbons (Fsp3) is 0.273. The van der Waals surface area contributed by atoms with Crippen LogP contribution in [0.4, 0.5) is 4.79 Å². The van der Waals surface area contributed by atoms with Crippen molar-refractivity contribution < 1.29 is 13.2 Å². The number of nitrogens with zero attached hydrogens (tertiary/aromatic N) is 2. The summed E-state index contributed by atoms with van der Waals surface area (Å²) in [4.78, 5) is 17.2. The quantitative estimate of drug-likeness (QED) is 0.614. The molecular formula is C22H24N4O3S2. The number of aromatic nitrogens is 1. The smallest absolute Gasteiger partial charge is 0.315 e. The molecule has 0 radical (unpaired) electrons. The highest BCUT2D eigenvalue weighted by Crippen LogP contribution is 2.32. The fourth-order valence-electron chi connectivity index (χ4n) is 3.65. The van der Waals surface area contributed by atoms with E-state index < -0.39 is 16.1 Å². The third kappa shape index (κ3) is 4.95. The number of fused-ring (bicyclic) bond motifs is 1. The molecule has 0 saturated carbocycles. The van der Waals surface area contributed by atoms with Gasteiger partial charge in [0.15, 0.2) is 0 Å². The molecule has 2 aromatic carbocycles. The van der Waals surface area contributed by atoms with Gasteiger partial charge in [0.05, 0.1) is 28.2 Å². The molecule has 0 unspecified atom stereocenters. The second kappa shape index (κ2) is 9.17. The molecule has 0 spiro atoms. The van der Waals surface area contributed by atoms with E-state index >= 15 is 0 Å². The zero-order valence-electron chi connectivity index (χ0n) is 17.1. The van der Waals surface area contributed by atoms with Crippen LogP contribution in [-0.4, -0.2) is 30.3 Å². The van der Waals surface area contributed by atoms with Crippen molar-refractivity contribution in [2.24, 2.45) is 0 Å². The van der Waals surface area contributed by atoms with Crippen molar-refractivity contribution in [1.82, 2.24) is 19.9 Å². The van der Waals surface area contributed by atoms with Gasteiger partial charge in [0.1, 0.15) is 0 Å². The Morgan fingerprint density at radius 2 is 1.90 bits per heavy atom. The second-order valence-corrected chi connectivity index (χ2v) is 10.4. The predicted molar refractivity (Wildman–Crippen MR) is 120 cm³/mol. The number of aryl methyl sites for hydroxylation is 1. The van der Waals surface area contributed by atoms with E-state index in [9.17, 15) is 13.2 Å². The fourth-order valence-corrected chi connectivity index (χ4v) is 5.94. The highest BCUT2D eigenvalue weighted by molar-refractivity contribution is 7.89. The number of rotatable bonds is 5. The van der Waals surface area contributed by atoms with Gasteiger partial charge in [0.2, 0.25) is 10.0 Å². The summed E-state index contributed by atoms with van der Waals surface area (Å²) in [6.45, 7) is 2.80. The van der Waals surface area contributed by atoms with Crippen LogP contribution in [-0.2, 0) is 23.1 Å². The molecule has 2 N–H and O–H groups in total. The Balaban J connectivity index is 1.53. The molecule has 1 atom stereocenters. The minimum atomic E-state index is -3.71. The van der Waals surface area contributed by atoms with Crippen LogP contribution in [0.15, 0.2) is 64.9 Å². The highest BCUT2D eigenvalue weighted by Gasteiger charge is 2.34. The molecule has 0 fully saturated rings. The van der Waals surface area contributed by atoms with Crippen LogP contribution in [0.2, 0.25) is 0 Å². The molecule has 0 aliphatic carbocycles. The third-order valence-corrected chi connectivity index (χ3v) is 7.93. The summed E-state index contributed by atoms with van der Waals surface area (Å²) in [5.41, 5.74) is 2.33. The van der Waals surface area contributed by atoms with Crippen LogP contribution in [0.25, 0.3) is 0 Å². The van der Waals surface area contributed by atoms with Crippen LogP contribution in [0.1, 0.15) is 34.3 Å². The first kappa shape index (κ1) is 21.5. The van der Waals surface area contributed by atoms with Gasteiger partial charge in [0.25, 0.3) is 0 Å². The van der Waals surface area contributed by atoms with Crippen molar-refractivity contribution in [2.45, 2.75) is 37.4 Å². The maximum atomic E-state index is 13.4. The van der Waals surface area contributed by atoms with Gasteiger partial charge >= 0.3 is 6.03 Å². The van der Waals surface area contributed by atoms with Gasteiger partial charge in [-0.3, -0.25) is 0 Å². The first-order valence-corrected chi connectivity index (χ1v) is 12.3. The summed E-state index contributed by atoms with van der Waals surface area (Å²) in [7, 11) is -3.71. The van der Waals surface area contributed by atoms with Crippen LogP contribution in [0.5, 0.6) is 0 Å². The van der Waals surface area contributed by atoms with Crippen molar-refractivity contribution >= 4 is 27.4 Å². The first-order valence-electron chi connectivity index (χ1n) is 10.0. The predicted octanol–water partition coefficient (Wildman–Crippen LogP) is 3.59. The van der Waals surface area contributed by atoms with Gasteiger partial charge in [-0.05, 0) is 30.5 Å². The van der Waals surface area contributed by atoms with Crippen molar-refractivity contribution in [3.63, 3.8) is 0 Å². The minimum Gasteiger partial charge on any atom is -0.334 e. The first-order chi connectivity index (χ1) is 14.9. The van der Waals surface area contributed by atoms with E-state index in [4.69, 9.17) is 0 Å². The molecule has 1 aliphatic heterocycles. The molecule has 2 amide bonds. The Hall–Kier alpha value is -2.75. The third-order valence-electron chi connectivity index (χ3n) is 5.19. The maximum Gasteiger partial charge on any atom is 0.315 e. The SMILES string of the molecule is Cc1nc(CN2CC[C@H](NC(=O)NCc3ccccc3)c3ccccc3S2(=O)=O)cs1. The molecule has 3 aromatic rings. The molecule has 1 aliphatic rings. The number of hydrogen-bond acceptors (Lipinski definition) is 5. The molecule has 1 aromatic heterocycles.